The summed E-state index contributed by atoms with van der Waals surface area (Å²) < 4.78 is 2.08. The molecule has 1 aromatic heterocycles. The molecular formula is C47H62N6O3. The van der Waals surface area contributed by atoms with Gasteiger partial charge in [-0.1, -0.05) is 63.1 Å². The molecule has 56 heavy (non-hydrogen) atoms. The lowest BCUT2D eigenvalue weighted by Gasteiger charge is -2.36. The molecule has 4 aromatic rings. The van der Waals surface area contributed by atoms with Gasteiger partial charge < -0.3 is 29.5 Å². The third-order valence-electron chi connectivity index (χ3n) is 11.8. The van der Waals surface area contributed by atoms with Gasteiger partial charge in [0, 0.05) is 87.1 Å². The summed E-state index contributed by atoms with van der Waals surface area (Å²) in [5, 5.41) is 3.46. The molecule has 3 aromatic carbocycles. The number of rotatable bonds is 15. The summed E-state index contributed by atoms with van der Waals surface area (Å²) in [5.74, 6) is 0.115. The van der Waals surface area contributed by atoms with Crippen LogP contribution in [0, 0.1) is 6.92 Å². The first-order valence-corrected chi connectivity index (χ1v) is 20.7. The molecule has 0 aliphatic carbocycles. The number of hydrogen-bond donors (Lipinski definition) is 1. The lowest BCUT2D eigenvalue weighted by atomic mass is 9.89. The largest absolute Gasteiger partial charge is 0.384 e. The zero-order valence-corrected chi connectivity index (χ0v) is 34.8. The van der Waals surface area contributed by atoms with Crippen LogP contribution in [0.15, 0.2) is 66.7 Å². The Morgan fingerprint density at radius 1 is 0.821 bits per heavy atom. The number of likely N-dealkylation sites (N-methyl/N-ethyl adjacent to an activating group) is 1. The maximum absolute atomic E-state index is 14.9. The minimum Gasteiger partial charge on any atom is -0.384 e. The first-order valence-electron chi connectivity index (χ1n) is 20.7. The van der Waals surface area contributed by atoms with Crippen molar-refractivity contribution in [1.82, 2.24) is 24.2 Å². The highest BCUT2D eigenvalue weighted by molar-refractivity contribution is 6.03. The molecule has 3 heterocycles. The number of hydrogen-bond acceptors (Lipinski definition) is 5. The Kier molecular flexibility index (Phi) is 13.4. The number of carbonyl (C=O) groups is 3. The number of nitrogens with one attached hydrogen (secondary N) is 1. The van der Waals surface area contributed by atoms with Crippen molar-refractivity contribution in [3.05, 3.63) is 111 Å². The van der Waals surface area contributed by atoms with Crippen LogP contribution in [0.1, 0.15) is 101 Å². The predicted octanol–water partition coefficient (Wildman–Crippen LogP) is 7.73. The normalized spacial score (nSPS) is 15.1. The van der Waals surface area contributed by atoms with Crippen LogP contribution < -0.4 is 5.32 Å². The zero-order valence-electron chi connectivity index (χ0n) is 34.8. The highest BCUT2D eigenvalue weighted by atomic mass is 16.2. The fraction of sp³-hybridized carbons (Fsp3) is 0.468. The number of anilines is 1. The van der Waals surface area contributed by atoms with E-state index in [1.165, 1.54) is 11.1 Å². The molecule has 6 rings (SSSR count). The molecule has 0 saturated carbocycles. The molecule has 0 fully saturated rings. The van der Waals surface area contributed by atoms with Crippen LogP contribution in [-0.4, -0.2) is 94.7 Å². The van der Waals surface area contributed by atoms with Gasteiger partial charge in [0.05, 0.1) is 12.0 Å². The summed E-state index contributed by atoms with van der Waals surface area (Å²) in [7, 11) is 6.11. The molecule has 2 aliphatic rings. The Morgan fingerprint density at radius 2 is 1.55 bits per heavy atom. The molecule has 9 heteroatoms. The lowest BCUT2D eigenvalue weighted by molar-refractivity contribution is -0.131. The van der Waals surface area contributed by atoms with Crippen molar-refractivity contribution in [2.24, 2.45) is 7.05 Å². The van der Waals surface area contributed by atoms with Crippen LogP contribution in [0.4, 0.5) is 5.69 Å². The zero-order chi connectivity index (χ0) is 39.9. The summed E-state index contributed by atoms with van der Waals surface area (Å²) in [6, 6.07) is 22.8. The molecule has 9 nitrogen and oxygen atoms in total. The minimum absolute atomic E-state index is 0.0190. The molecule has 1 atom stereocenters. The topological polar surface area (TPSA) is 81.1 Å². The smallest absolute Gasteiger partial charge is 0.255 e. The number of unbranched alkanes of at least 4 members (excludes halogenated alkanes) is 2. The summed E-state index contributed by atoms with van der Waals surface area (Å²) in [6.07, 6.45) is 5.80. The van der Waals surface area contributed by atoms with Crippen molar-refractivity contribution < 1.29 is 14.4 Å². The first kappa shape index (κ1) is 40.8. The third kappa shape index (κ3) is 9.21. The monoisotopic (exact) mass is 758 g/mol. The van der Waals surface area contributed by atoms with Crippen molar-refractivity contribution in [2.45, 2.75) is 91.8 Å². The molecule has 0 radical (unpaired) electrons. The van der Waals surface area contributed by atoms with E-state index in [1.807, 2.05) is 65.1 Å². The Hall–Kier alpha value is -4.89. The van der Waals surface area contributed by atoms with Crippen LogP contribution in [0.25, 0.3) is 11.3 Å². The first-order chi connectivity index (χ1) is 27.0. The fourth-order valence-electron chi connectivity index (χ4n) is 8.18. The Balaban J connectivity index is 1.33. The van der Waals surface area contributed by atoms with E-state index >= 15 is 0 Å². The number of amides is 3. The van der Waals surface area contributed by atoms with E-state index < -0.39 is 0 Å². The van der Waals surface area contributed by atoms with Gasteiger partial charge in [0.1, 0.15) is 0 Å². The van der Waals surface area contributed by atoms with Gasteiger partial charge in [-0.15, -0.1) is 0 Å². The summed E-state index contributed by atoms with van der Waals surface area (Å²) in [6.45, 7) is 13.3. The third-order valence-corrected chi connectivity index (χ3v) is 11.8. The highest BCUT2D eigenvalue weighted by Gasteiger charge is 2.32. The maximum atomic E-state index is 14.9. The molecule has 0 spiro atoms. The van der Waals surface area contributed by atoms with E-state index in [0.29, 0.717) is 43.6 Å². The fourth-order valence-corrected chi connectivity index (χ4v) is 8.18. The Labute approximate surface area is 334 Å². The molecule has 298 valence electrons. The molecule has 3 amide bonds. The van der Waals surface area contributed by atoms with Crippen molar-refractivity contribution >= 4 is 23.4 Å². The molecule has 0 saturated heterocycles. The lowest BCUT2D eigenvalue weighted by Crippen LogP contribution is -2.43. The SMILES string of the molecule is CCCCN(CCCC)C(=O)c1cc(-c2cc3c(cc2C(=O)N2Cc4ccccc4C[C@H]2C)CN(C(=O)Cc2cccc(NCCN(C)C)c2)CC3)n(C)c1C. The summed E-state index contributed by atoms with van der Waals surface area (Å²) in [5.41, 5.74) is 10.5. The van der Waals surface area contributed by atoms with Gasteiger partial charge in [-0.3, -0.25) is 14.4 Å². The average Bonchev–Trinajstić information content (AvgIpc) is 3.49. The molecule has 0 unspecified atom stereocenters. The van der Waals surface area contributed by atoms with Crippen molar-refractivity contribution in [1.29, 1.82) is 0 Å². The maximum Gasteiger partial charge on any atom is 0.255 e. The highest BCUT2D eigenvalue weighted by Crippen LogP contribution is 2.35. The molecular weight excluding hydrogens is 697 g/mol. The van der Waals surface area contributed by atoms with E-state index in [2.05, 4.69) is 80.0 Å². The minimum atomic E-state index is -0.0221. The van der Waals surface area contributed by atoms with Crippen LogP contribution in [0.5, 0.6) is 0 Å². The number of fused-ring (bicyclic) bond motifs is 2. The van der Waals surface area contributed by atoms with Gasteiger partial charge in [0.2, 0.25) is 5.91 Å². The number of nitrogens with zero attached hydrogens (tertiary/aromatic N) is 5. The van der Waals surface area contributed by atoms with Crippen LogP contribution in [0.2, 0.25) is 0 Å². The van der Waals surface area contributed by atoms with Crippen molar-refractivity contribution in [2.75, 3.05) is 52.1 Å². The Morgan fingerprint density at radius 3 is 2.27 bits per heavy atom. The predicted molar refractivity (Wildman–Crippen MR) is 227 cm³/mol. The van der Waals surface area contributed by atoms with Crippen LogP contribution >= 0.6 is 0 Å². The van der Waals surface area contributed by atoms with Crippen LogP contribution in [-0.2, 0) is 44.2 Å². The van der Waals surface area contributed by atoms with E-state index in [1.54, 1.807) is 0 Å². The van der Waals surface area contributed by atoms with Gasteiger partial charge in [-0.05, 0) is 112 Å². The molecule has 1 N–H and O–H groups in total. The van der Waals surface area contributed by atoms with Crippen LogP contribution in [0.3, 0.4) is 0 Å². The quantitative estimate of drug-likeness (QED) is 0.134. The molecule has 0 bridgehead atoms. The van der Waals surface area contributed by atoms with Gasteiger partial charge in [-0.25, -0.2) is 0 Å². The van der Waals surface area contributed by atoms with E-state index in [9.17, 15) is 14.4 Å². The van der Waals surface area contributed by atoms with Crippen molar-refractivity contribution in [3.63, 3.8) is 0 Å². The Bertz CT molecular complexity index is 2020. The number of carbonyl (C=O) groups excluding carboxylic acids is 3. The van der Waals surface area contributed by atoms with Gasteiger partial charge in [0.15, 0.2) is 0 Å². The standard InChI is InChI=1S/C47H62N6O3/c1-8-10-21-51(22-11-9-2)46(55)41-30-44(50(7)34(41)4)42-28-37-19-23-52(45(54)27-35-15-14-18-40(26-35)48-20-24-49(5)6)31-39(37)29-43(42)47(56)53-32-38-17-13-12-16-36(38)25-33(53)3/h12-18,26,28-30,33,48H,8-11,19-25,27,31-32H2,1-7H3/t33-/m1/s1. The second-order valence-corrected chi connectivity index (χ2v) is 16.2. The van der Waals surface area contributed by atoms with Crippen molar-refractivity contribution in [3.8, 4) is 11.3 Å². The summed E-state index contributed by atoms with van der Waals surface area (Å²) in [4.78, 5) is 51.0. The van der Waals surface area contributed by atoms with Gasteiger partial charge in [0.25, 0.3) is 11.8 Å². The second-order valence-electron chi connectivity index (χ2n) is 16.2. The van der Waals surface area contributed by atoms with Gasteiger partial charge >= 0.3 is 0 Å². The second kappa shape index (κ2) is 18.4. The van der Waals surface area contributed by atoms with Gasteiger partial charge in [-0.2, -0.15) is 0 Å². The van der Waals surface area contributed by atoms with E-state index in [4.69, 9.17) is 0 Å². The van der Waals surface area contributed by atoms with E-state index in [0.717, 1.165) is 97.6 Å². The number of benzene rings is 3. The average molecular weight is 759 g/mol. The van der Waals surface area contributed by atoms with E-state index in [-0.39, 0.29) is 23.8 Å². The number of aromatic nitrogens is 1. The summed E-state index contributed by atoms with van der Waals surface area (Å²) >= 11 is 0. The molecule has 2 aliphatic heterocycles.